The third kappa shape index (κ3) is 4.82. The van der Waals surface area contributed by atoms with E-state index in [0.29, 0.717) is 12.5 Å². The van der Waals surface area contributed by atoms with Gasteiger partial charge in [-0.2, -0.15) is 0 Å². The number of nitrogens with zero attached hydrogens (tertiary/aromatic N) is 2. The summed E-state index contributed by atoms with van der Waals surface area (Å²) < 4.78 is 0. The molecule has 0 bridgehead atoms. The molecule has 1 aromatic rings. The van der Waals surface area contributed by atoms with E-state index < -0.39 is 0 Å². The summed E-state index contributed by atoms with van der Waals surface area (Å²) in [5, 5.41) is 5.11. The fourth-order valence-corrected chi connectivity index (χ4v) is 4.52. The molecule has 25 heavy (non-hydrogen) atoms. The van der Waals surface area contributed by atoms with Crippen molar-refractivity contribution in [3.05, 3.63) is 22.4 Å². The summed E-state index contributed by atoms with van der Waals surface area (Å²) in [6.45, 7) is 6.20. The molecule has 2 fully saturated rings. The summed E-state index contributed by atoms with van der Waals surface area (Å²) in [7, 11) is 0. The fraction of sp³-hybridized carbons (Fsp3) is 0.684. The molecule has 138 valence electrons. The molecule has 1 aromatic heterocycles. The van der Waals surface area contributed by atoms with E-state index in [1.165, 1.54) is 4.88 Å². The van der Waals surface area contributed by atoms with Crippen molar-refractivity contribution < 1.29 is 9.59 Å². The molecule has 0 spiro atoms. The Morgan fingerprint density at radius 1 is 1.24 bits per heavy atom. The lowest BCUT2D eigenvalue weighted by molar-refractivity contribution is -0.136. The molecule has 3 rings (SSSR count). The molecule has 0 aromatic carbocycles. The molecule has 2 amide bonds. The Labute approximate surface area is 154 Å². The summed E-state index contributed by atoms with van der Waals surface area (Å²) >= 11 is 1.73. The molecule has 2 aliphatic heterocycles. The smallest absolute Gasteiger partial charge is 0.237 e. The highest BCUT2D eigenvalue weighted by molar-refractivity contribution is 7.09. The second kappa shape index (κ2) is 8.81. The second-order valence-electron chi connectivity index (χ2n) is 7.14. The van der Waals surface area contributed by atoms with Gasteiger partial charge in [0.25, 0.3) is 0 Å². The van der Waals surface area contributed by atoms with E-state index in [1.54, 1.807) is 11.3 Å². The lowest BCUT2D eigenvalue weighted by Gasteiger charge is -2.36. The van der Waals surface area contributed by atoms with Crippen LogP contribution in [0.1, 0.15) is 37.5 Å². The molecule has 1 unspecified atom stereocenters. The number of likely N-dealkylation sites (tertiary alicyclic amines) is 2. The summed E-state index contributed by atoms with van der Waals surface area (Å²) in [5.74, 6) is 0.592. The van der Waals surface area contributed by atoms with Crippen LogP contribution in [0.4, 0.5) is 0 Å². The number of thiophene rings is 1. The molecule has 0 radical (unpaired) electrons. The highest BCUT2D eigenvalue weighted by atomic mass is 32.1. The van der Waals surface area contributed by atoms with Crippen molar-refractivity contribution in [3.8, 4) is 0 Å². The summed E-state index contributed by atoms with van der Waals surface area (Å²) in [6, 6.07) is 4.02. The minimum Gasteiger partial charge on any atom is -0.354 e. The van der Waals surface area contributed by atoms with Crippen molar-refractivity contribution in [3.63, 3.8) is 0 Å². The maximum Gasteiger partial charge on any atom is 0.237 e. The zero-order valence-electron chi connectivity index (χ0n) is 15.1. The minimum atomic E-state index is -0.119. The van der Waals surface area contributed by atoms with Gasteiger partial charge in [0, 0.05) is 30.4 Å². The van der Waals surface area contributed by atoms with Crippen molar-refractivity contribution in [2.75, 3.05) is 32.7 Å². The van der Waals surface area contributed by atoms with Crippen molar-refractivity contribution in [1.29, 1.82) is 0 Å². The highest BCUT2D eigenvalue weighted by Gasteiger charge is 2.32. The summed E-state index contributed by atoms with van der Waals surface area (Å²) in [4.78, 5) is 30.4. The van der Waals surface area contributed by atoms with Crippen LogP contribution in [-0.4, -0.2) is 60.4 Å². The van der Waals surface area contributed by atoms with E-state index >= 15 is 0 Å². The van der Waals surface area contributed by atoms with Crippen LogP contribution in [-0.2, 0) is 16.0 Å². The van der Waals surface area contributed by atoms with Gasteiger partial charge in [0.15, 0.2) is 0 Å². The standard InChI is InChI=1S/C19H29N3O2S/c1-15(18(23)20-9-6-17-5-4-14-25-17)21-12-7-16(8-13-21)19(24)22-10-2-3-11-22/h4-5,14-16H,2-3,6-13H2,1H3,(H,20,23). The van der Waals surface area contributed by atoms with Crippen LogP contribution < -0.4 is 5.32 Å². The highest BCUT2D eigenvalue weighted by Crippen LogP contribution is 2.23. The third-order valence-electron chi connectivity index (χ3n) is 5.47. The van der Waals surface area contributed by atoms with Crippen LogP contribution in [0.5, 0.6) is 0 Å². The first kappa shape index (κ1) is 18.4. The van der Waals surface area contributed by atoms with Crippen molar-refractivity contribution in [1.82, 2.24) is 15.1 Å². The maximum absolute atomic E-state index is 12.5. The zero-order valence-corrected chi connectivity index (χ0v) is 15.9. The largest absolute Gasteiger partial charge is 0.354 e. The number of nitrogens with one attached hydrogen (secondary N) is 1. The van der Waals surface area contributed by atoms with E-state index in [2.05, 4.69) is 21.7 Å². The van der Waals surface area contributed by atoms with E-state index in [9.17, 15) is 9.59 Å². The van der Waals surface area contributed by atoms with Gasteiger partial charge in [0.05, 0.1) is 6.04 Å². The second-order valence-corrected chi connectivity index (χ2v) is 8.17. The Kier molecular flexibility index (Phi) is 6.48. The van der Waals surface area contributed by atoms with Gasteiger partial charge in [0.1, 0.15) is 0 Å². The fourth-order valence-electron chi connectivity index (χ4n) is 3.81. The monoisotopic (exact) mass is 363 g/mol. The average Bonchev–Trinajstić information content (AvgIpc) is 3.34. The quantitative estimate of drug-likeness (QED) is 0.842. The molecule has 3 heterocycles. The first-order valence-electron chi connectivity index (χ1n) is 9.48. The van der Waals surface area contributed by atoms with E-state index in [0.717, 1.165) is 58.3 Å². The Hall–Kier alpha value is -1.40. The molecule has 0 saturated carbocycles. The van der Waals surface area contributed by atoms with Crippen molar-refractivity contribution >= 4 is 23.2 Å². The lowest BCUT2D eigenvalue weighted by Crippen LogP contribution is -2.50. The van der Waals surface area contributed by atoms with Crippen LogP contribution in [0.3, 0.4) is 0 Å². The van der Waals surface area contributed by atoms with Gasteiger partial charge < -0.3 is 10.2 Å². The summed E-state index contributed by atoms with van der Waals surface area (Å²) in [6.07, 6.45) is 4.94. The normalized spacial score (nSPS) is 20.6. The predicted octanol–water partition coefficient (Wildman–Crippen LogP) is 2.13. The van der Waals surface area contributed by atoms with Crippen LogP contribution in [0, 0.1) is 5.92 Å². The number of carbonyl (C=O) groups is 2. The van der Waals surface area contributed by atoms with E-state index in [4.69, 9.17) is 0 Å². The topological polar surface area (TPSA) is 52.7 Å². The van der Waals surface area contributed by atoms with Gasteiger partial charge in [-0.1, -0.05) is 6.07 Å². The molecule has 5 nitrogen and oxygen atoms in total. The number of rotatable bonds is 6. The Balaban J connectivity index is 1.39. The maximum atomic E-state index is 12.5. The van der Waals surface area contributed by atoms with Crippen LogP contribution >= 0.6 is 11.3 Å². The number of piperidine rings is 1. The molecule has 2 aliphatic rings. The Bertz CT molecular complexity index is 561. The molecule has 2 saturated heterocycles. The van der Waals surface area contributed by atoms with Gasteiger partial charge in [-0.3, -0.25) is 14.5 Å². The first-order chi connectivity index (χ1) is 12.1. The predicted molar refractivity (Wildman–Crippen MR) is 101 cm³/mol. The molecular weight excluding hydrogens is 334 g/mol. The molecule has 1 N–H and O–H groups in total. The molecule has 0 aliphatic carbocycles. The molecule has 1 atom stereocenters. The van der Waals surface area contributed by atoms with Crippen LogP contribution in [0.25, 0.3) is 0 Å². The third-order valence-corrected chi connectivity index (χ3v) is 6.41. The lowest BCUT2D eigenvalue weighted by atomic mass is 9.94. The van der Waals surface area contributed by atoms with Crippen molar-refractivity contribution in [2.45, 2.75) is 45.1 Å². The summed E-state index contributed by atoms with van der Waals surface area (Å²) in [5.41, 5.74) is 0. The number of carbonyl (C=O) groups excluding carboxylic acids is 2. The van der Waals surface area contributed by atoms with E-state index in [-0.39, 0.29) is 17.9 Å². The van der Waals surface area contributed by atoms with Gasteiger partial charge in [0.2, 0.25) is 11.8 Å². The van der Waals surface area contributed by atoms with E-state index in [1.807, 2.05) is 17.9 Å². The van der Waals surface area contributed by atoms with Gasteiger partial charge in [-0.15, -0.1) is 11.3 Å². The van der Waals surface area contributed by atoms with Gasteiger partial charge in [-0.05, 0) is 63.6 Å². The van der Waals surface area contributed by atoms with Crippen molar-refractivity contribution in [2.24, 2.45) is 5.92 Å². The van der Waals surface area contributed by atoms with Gasteiger partial charge >= 0.3 is 0 Å². The Morgan fingerprint density at radius 2 is 1.96 bits per heavy atom. The van der Waals surface area contributed by atoms with Gasteiger partial charge in [-0.25, -0.2) is 0 Å². The number of hydrogen-bond donors (Lipinski definition) is 1. The SMILES string of the molecule is CC(C(=O)NCCc1cccs1)N1CCC(C(=O)N2CCCC2)CC1. The Morgan fingerprint density at radius 3 is 2.60 bits per heavy atom. The first-order valence-corrected chi connectivity index (χ1v) is 10.4. The zero-order chi connectivity index (χ0) is 17.6. The van der Waals surface area contributed by atoms with Crippen LogP contribution in [0.2, 0.25) is 0 Å². The molecular formula is C19H29N3O2S. The average molecular weight is 364 g/mol. The minimum absolute atomic E-state index is 0.0980. The van der Waals surface area contributed by atoms with Crippen LogP contribution in [0.15, 0.2) is 17.5 Å². The number of hydrogen-bond acceptors (Lipinski definition) is 4. The molecule has 6 heteroatoms. The number of amides is 2.